The van der Waals surface area contributed by atoms with Gasteiger partial charge in [0, 0.05) is 19.3 Å². The lowest BCUT2D eigenvalue weighted by Crippen LogP contribution is -2.35. The van der Waals surface area contributed by atoms with Crippen LogP contribution in [-0.4, -0.2) is 34.1 Å². The molecule has 1 aromatic rings. The molecule has 0 radical (unpaired) electrons. The molecule has 2 heterocycles. The van der Waals surface area contributed by atoms with Gasteiger partial charge in [-0.15, -0.1) is 0 Å². The van der Waals surface area contributed by atoms with Gasteiger partial charge in [0.25, 0.3) is 5.56 Å². The summed E-state index contributed by atoms with van der Waals surface area (Å²) in [6.45, 7) is 4.06. The Kier molecular flexibility index (Phi) is 4.34. The minimum atomic E-state index is 0.0765. The molecule has 0 aliphatic carbocycles. The SMILES string of the molecule is O=c1c(I)cncn1CCN1CCCCC1. The van der Waals surface area contributed by atoms with Crippen LogP contribution < -0.4 is 5.56 Å². The van der Waals surface area contributed by atoms with E-state index in [1.165, 1.54) is 32.4 Å². The lowest BCUT2D eigenvalue weighted by atomic mass is 10.1. The predicted molar refractivity (Wildman–Crippen MR) is 71.5 cm³/mol. The lowest BCUT2D eigenvalue weighted by molar-refractivity contribution is 0.219. The predicted octanol–water partition coefficient (Wildman–Crippen LogP) is 1.33. The molecule has 1 aliphatic rings. The molecule has 0 amide bonds. The van der Waals surface area contributed by atoms with Gasteiger partial charge in [-0.2, -0.15) is 0 Å². The van der Waals surface area contributed by atoms with Crippen molar-refractivity contribution in [2.24, 2.45) is 0 Å². The molecule has 4 nitrogen and oxygen atoms in total. The van der Waals surface area contributed by atoms with Crippen molar-refractivity contribution in [2.45, 2.75) is 25.8 Å². The first-order valence-corrected chi connectivity index (χ1v) is 6.77. The van der Waals surface area contributed by atoms with E-state index in [1.807, 2.05) is 22.6 Å². The lowest BCUT2D eigenvalue weighted by Gasteiger charge is -2.26. The fourth-order valence-corrected chi connectivity index (χ4v) is 2.49. The van der Waals surface area contributed by atoms with E-state index >= 15 is 0 Å². The molecule has 1 aliphatic heterocycles. The number of piperidine rings is 1. The topological polar surface area (TPSA) is 38.1 Å². The Morgan fingerprint density at radius 3 is 2.75 bits per heavy atom. The Hall–Kier alpha value is -0.430. The van der Waals surface area contributed by atoms with Gasteiger partial charge >= 0.3 is 0 Å². The molecule has 2 rings (SSSR count). The van der Waals surface area contributed by atoms with E-state index in [0.717, 1.165) is 13.1 Å². The molecule has 16 heavy (non-hydrogen) atoms. The zero-order valence-electron chi connectivity index (χ0n) is 9.23. The van der Waals surface area contributed by atoms with Crippen molar-refractivity contribution in [3.63, 3.8) is 0 Å². The summed E-state index contributed by atoms with van der Waals surface area (Å²) in [5.74, 6) is 0. The van der Waals surface area contributed by atoms with Crippen molar-refractivity contribution in [1.82, 2.24) is 14.5 Å². The van der Waals surface area contributed by atoms with Crippen molar-refractivity contribution in [2.75, 3.05) is 19.6 Å². The molecule has 1 saturated heterocycles. The first-order valence-electron chi connectivity index (χ1n) is 5.69. The van der Waals surface area contributed by atoms with Crippen molar-refractivity contribution < 1.29 is 0 Å². The maximum absolute atomic E-state index is 11.7. The molecular formula is C11H16IN3O. The monoisotopic (exact) mass is 333 g/mol. The zero-order valence-corrected chi connectivity index (χ0v) is 11.4. The van der Waals surface area contributed by atoms with E-state index in [4.69, 9.17) is 0 Å². The molecule has 0 unspecified atom stereocenters. The van der Waals surface area contributed by atoms with Crippen LogP contribution in [0.15, 0.2) is 17.3 Å². The molecule has 0 aromatic carbocycles. The standard InChI is InChI=1S/C11H16IN3O/c12-10-8-13-9-15(11(10)16)7-6-14-4-2-1-3-5-14/h8-9H,1-7H2. The second-order valence-electron chi connectivity index (χ2n) is 4.14. The van der Waals surface area contributed by atoms with Gasteiger partial charge in [0.15, 0.2) is 0 Å². The van der Waals surface area contributed by atoms with Gasteiger partial charge in [-0.1, -0.05) is 6.42 Å². The number of hydrogen-bond donors (Lipinski definition) is 0. The fourth-order valence-electron chi connectivity index (χ4n) is 2.02. The summed E-state index contributed by atoms with van der Waals surface area (Å²) in [7, 11) is 0. The van der Waals surface area contributed by atoms with Crippen LogP contribution in [0.1, 0.15) is 19.3 Å². The van der Waals surface area contributed by atoms with Gasteiger partial charge in [0.1, 0.15) is 0 Å². The van der Waals surface area contributed by atoms with Crippen LogP contribution in [0.5, 0.6) is 0 Å². The summed E-state index contributed by atoms with van der Waals surface area (Å²) in [5, 5.41) is 0. The fraction of sp³-hybridized carbons (Fsp3) is 0.636. The molecule has 0 bridgehead atoms. The number of aromatic nitrogens is 2. The van der Waals surface area contributed by atoms with Gasteiger partial charge in [0.2, 0.25) is 0 Å². The van der Waals surface area contributed by atoms with Gasteiger partial charge < -0.3 is 4.90 Å². The molecule has 5 heteroatoms. The third-order valence-electron chi connectivity index (χ3n) is 2.96. The molecule has 0 saturated carbocycles. The van der Waals surface area contributed by atoms with Gasteiger partial charge in [-0.05, 0) is 48.5 Å². The summed E-state index contributed by atoms with van der Waals surface area (Å²) < 4.78 is 2.40. The Balaban J connectivity index is 1.94. The van der Waals surface area contributed by atoms with Crippen LogP contribution in [0, 0.1) is 3.57 Å². The number of halogens is 1. The second-order valence-corrected chi connectivity index (χ2v) is 5.30. The largest absolute Gasteiger partial charge is 0.302 e. The first-order chi connectivity index (χ1) is 7.77. The van der Waals surface area contributed by atoms with Crippen LogP contribution >= 0.6 is 22.6 Å². The molecule has 88 valence electrons. The molecular weight excluding hydrogens is 317 g/mol. The molecule has 1 fully saturated rings. The van der Waals surface area contributed by atoms with Gasteiger partial charge in [-0.25, -0.2) is 4.98 Å². The van der Waals surface area contributed by atoms with E-state index in [0.29, 0.717) is 3.57 Å². The van der Waals surface area contributed by atoms with Crippen molar-refractivity contribution >= 4 is 22.6 Å². The van der Waals surface area contributed by atoms with Crippen molar-refractivity contribution in [3.8, 4) is 0 Å². The third-order valence-corrected chi connectivity index (χ3v) is 3.70. The highest BCUT2D eigenvalue weighted by atomic mass is 127. The summed E-state index contributed by atoms with van der Waals surface area (Å²) >= 11 is 2.03. The zero-order chi connectivity index (χ0) is 11.4. The van der Waals surface area contributed by atoms with Crippen LogP contribution in [0.25, 0.3) is 0 Å². The first kappa shape index (κ1) is 12.0. The minimum Gasteiger partial charge on any atom is -0.302 e. The van der Waals surface area contributed by atoms with Crippen molar-refractivity contribution in [3.05, 3.63) is 26.4 Å². The Morgan fingerprint density at radius 1 is 1.25 bits per heavy atom. The summed E-state index contributed by atoms with van der Waals surface area (Å²) in [6.07, 6.45) is 7.18. The Labute approximate surface area is 109 Å². The van der Waals surface area contributed by atoms with E-state index in [1.54, 1.807) is 17.1 Å². The van der Waals surface area contributed by atoms with Crippen LogP contribution in [0.3, 0.4) is 0 Å². The number of nitrogens with zero attached hydrogens (tertiary/aromatic N) is 3. The maximum atomic E-state index is 11.7. The molecule has 1 aromatic heterocycles. The second kappa shape index (κ2) is 5.77. The molecule has 0 spiro atoms. The van der Waals surface area contributed by atoms with Crippen LogP contribution in [-0.2, 0) is 6.54 Å². The molecule has 0 atom stereocenters. The summed E-state index contributed by atoms with van der Waals surface area (Å²) in [6, 6.07) is 0. The number of likely N-dealkylation sites (tertiary alicyclic amines) is 1. The quantitative estimate of drug-likeness (QED) is 0.784. The van der Waals surface area contributed by atoms with Gasteiger partial charge in [0.05, 0.1) is 9.90 Å². The van der Waals surface area contributed by atoms with E-state index < -0.39 is 0 Å². The van der Waals surface area contributed by atoms with E-state index in [2.05, 4.69) is 9.88 Å². The third kappa shape index (κ3) is 3.04. The highest BCUT2D eigenvalue weighted by molar-refractivity contribution is 14.1. The molecule has 0 N–H and O–H groups in total. The summed E-state index contributed by atoms with van der Waals surface area (Å²) in [4.78, 5) is 18.2. The van der Waals surface area contributed by atoms with Gasteiger partial charge in [-0.3, -0.25) is 9.36 Å². The van der Waals surface area contributed by atoms with E-state index in [-0.39, 0.29) is 5.56 Å². The smallest absolute Gasteiger partial charge is 0.266 e. The Bertz CT molecular complexity index is 398. The maximum Gasteiger partial charge on any atom is 0.266 e. The minimum absolute atomic E-state index is 0.0765. The van der Waals surface area contributed by atoms with Crippen LogP contribution in [0.2, 0.25) is 0 Å². The normalized spacial score (nSPS) is 17.6. The van der Waals surface area contributed by atoms with Crippen LogP contribution in [0.4, 0.5) is 0 Å². The van der Waals surface area contributed by atoms with Crippen molar-refractivity contribution in [1.29, 1.82) is 0 Å². The van der Waals surface area contributed by atoms with E-state index in [9.17, 15) is 4.79 Å². The highest BCUT2D eigenvalue weighted by Crippen LogP contribution is 2.07. The highest BCUT2D eigenvalue weighted by Gasteiger charge is 2.10. The Morgan fingerprint density at radius 2 is 2.00 bits per heavy atom. The average molecular weight is 333 g/mol. The number of rotatable bonds is 3. The average Bonchev–Trinajstić information content (AvgIpc) is 2.32. The number of hydrogen-bond acceptors (Lipinski definition) is 3. The summed E-state index contributed by atoms with van der Waals surface area (Å²) in [5.41, 5.74) is 0.0765.